The first-order valence-corrected chi connectivity index (χ1v) is 9.90. The standard InChI is InChI=1S/C17H14BrIN2O2S/c1-23-9-8-21-14-7-6-11(18)10-15(14)24-17(21)20-16(22)12-4-2-3-5-13(12)19/h2-7,10H,8-9H2,1H3. The Balaban J connectivity index is 2.13. The normalized spacial score (nSPS) is 12.0. The summed E-state index contributed by atoms with van der Waals surface area (Å²) < 4.78 is 10.2. The lowest BCUT2D eigenvalue weighted by molar-refractivity contribution is 0.0996. The third-order valence-electron chi connectivity index (χ3n) is 3.47. The fourth-order valence-corrected chi connectivity index (χ4v) is 4.54. The van der Waals surface area contributed by atoms with Gasteiger partial charge in [0, 0.05) is 21.7 Å². The van der Waals surface area contributed by atoms with Crippen molar-refractivity contribution < 1.29 is 9.53 Å². The second-order valence-corrected chi connectivity index (χ2v) is 8.12. The quantitative estimate of drug-likeness (QED) is 0.480. The number of hydrogen-bond acceptors (Lipinski definition) is 3. The van der Waals surface area contributed by atoms with Crippen LogP contribution < -0.4 is 4.80 Å². The minimum atomic E-state index is -0.225. The van der Waals surface area contributed by atoms with Gasteiger partial charge in [0.2, 0.25) is 0 Å². The molecule has 3 aromatic rings. The molecule has 0 aliphatic heterocycles. The number of aromatic nitrogens is 1. The van der Waals surface area contributed by atoms with Crippen molar-refractivity contribution in [2.45, 2.75) is 6.54 Å². The molecule has 0 saturated carbocycles. The molecule has 2 aromatic carbocycles. The molecule has 1 heterocycles. The minimum absolute atomic E-state index is 0.225. The molecule has 3 rings (SSSR count). The van der Waals surface area contributed by atoms with Crippen LogP contribution in [0.4, 0.5) is 0 Å². The molecule has 0 unspecified atom stereocenters. The number of nitrogens with zero attached hydrogens (tertiary/aromatic N) is 2. The number of benzene rings is 2. The molecule has 0 bridgehead atoms. The van der Waals surface area contributed by atoms with E-state index in [1.165, 1.54) is 11.3 Å². The number of ether oxygens (including phenoxy) is 1. The highest BCUT2D eigenvalue weighted by molar-refractivity contribution is 14.1. The molecule has 4 nitrogen and oxygen atoms in total. The fourth-order valence-electron chi connectivity index (χ4n) is 2.31. The fraction of sp³-hybridized carbons (Fsp3) is 0.176. The number of halogens is 2. The van der Waals surface area contributed by atoms with E-state index in [0.717, 1.165) is 18.3 Å². The Morgan fingerprint density at radius 2 is 2.12 bits per heavy atom. The van der Waals surface area contributed by atoms with Crippen molar-refractivity contribution in [1.29, 1.82) is 0 Å². The lowest BCUT2D eigenvalue weighted by atomic mass is 10.2. The zero-order valence-electron chi connectivity index (χ0n) is 12.8. The van der Waals surface area contributed by atoms with E-state index in [1.54, 1.807) is 13.2 Å². The van der Waals surface area contributed by atoms with E-state index in [1.807, 2.05) is 41.0 Å². The Morgan fingerprint density at radius 3 is 2.88 bits per heavy atom. The molecule has 0 spiro atoms. The molecule has 0 aliphatic carbocycles. The van der Waals surface area contributed by atoms with Crippen LogP contribution in [0.2, 0.25) is 0 Å². The average molecular weight is 517 g/mol. The van der Waals surface area contributed by atoms with E-state index in [-0.39, 0.29) is 5.91 Å². The van der Waals surface area contributed by atoms with Gasteiger partial charge in [0.15, 0.2) is 4.80 Å². The van der Waals surface area contributed by atoms with Gasteiger partial charge in [-0.05, 0) is 52.9 Å². The molecular weight excluding hydrogens is 503 g/mol. The van der Waals surface area contributed by atoms with Gasteiger partial charge in [0.25, 0.3) is 5.91 Å². The third-order valence-corrected chi connectivity index (χ3v) is 5.94. The van der Waals surface area contributed by atoms with E-state index in [9.17, 15) is 4.79 Å². The topological polar surface area (TPSA) is 43.6 Å². The number of carbonyl (C=O) groups excluding carboxylic acids is 1. The van der Waals surface area contributed by atoms with Crippen LogP contribution in [0.3, 0.4) is 0 Å². The van der Waals surface area contributed by atoms with Gasteiger partial charge >= 0.3 is 0 Å². The summed E-state index contributed by atoms with van der Waals surface area (Å²) in [7, 11) is 1.67. The van der Waals surface area contributed by atoms with Crippen molar-refractivity contribution in [3.63, 3.8) is 0 Å². The predicted octanol–water partition coefficient (Wildman–Crippen LogP) is 4.46. The van der Waals surface area contributed by atoms with E-state index in [0.29, 0.717) is 23.5 Å². The van der Waals surface area contributed by atoms with Gasteiger partial charge in [-0.2, -0.15) is 4.99 Å². The summed E-state index contributed by atoms with van der Waals surface area (Å²) in [6.07, 6.45) is 0. The van der Waals surface area contributed by atoms with E-state index in [4.69, 9.17) is 4.74 Å². The predicted molar refractivity (Wildman–Crippen MR) is 108 cm³/mol. The number of fused-ring (bicyclic) bond motifs is 1. The van der Waals surface area contributed by atoms with Crippen molar-refractivity contribution in [3.05, 3.63) is 60.9 Å². The Kier molecular flexibility index (Phi) is 5.85. The van der Waals surface area contributed by atoms with Crippen molar-refractivity contribution in [2.24, 2.45) is 4.99 Å². The van der Waals surface area contributed by atoms with Gasteiger partial charge in [-0.15, -0.1) is 0 Å². The molecular formula is C17H14BrIN2O2S. The van der Waals surface area contributed by atoms with Crippen LogP contribution in [0.5, 0.6) is 0 Å². The average Bonchev–Trinajstić information content (AvgIpc) is 2.89. The first kappa shape index (κ1) is 17.8. The van der Waals surface area contributed by atoms with Crippen LogP contribution in [-0.4, -0.2) is 24.2 Å². The maximum Gasteiger partial charge on any atom is 0.280 e. The summed E-state index contributed by atoms with van der Waals surface area (Å²) in [4.78, 5) is 17.6. The molecule has 0 N–H and O–H groups in total. The first-order valence-electron chi connectivity index (χ1n) is 7.21. The van der Waals surface area contributed by atoms with Gasteiger partial charge in [-0.1, -0.05) is 39.4 Å². The lowest BCUT2D eigenvalue weighted by Crippen LogP contribution is -2.19. The van der Waals surface area contributed by atoms with Crippen molar-refractivity contribution >= 4 is 66.0 Å². The Morgan fingerprint density at radius 1 is 1.33 bits per heavy atom. The first-order chi connectivity index (χ1) is 11.6. The number of methoxy groups -OCH3 is 1. The van der Waals surface area contributed by atoms with Gasteiger partial charge in [0.05, 0.1) is 22.4 Å². The number of rotatable bonds is 4. The van der Waals surface area contributed by atoms with E-state index in [2.05, 4.69) is 43.5 Å². The van der Waals surface area contributed by atoms with Gasteiger partial charge in [-0.25, -0.2) is 0 Å². The summed E-state index contributed by atoms with van der Waals surface area (Å²) in [6.45, 7) is 1.21. The SMILES string of the molecule is COCCn1c(=NC(=O)c2ccccc2I)sc2cc(Br)ccc21. The molecule has 1 aromatic heterocycles. The highest BCUT2D eigenvalue weighted by Gasteiger charge is 2.11. The Bertz CT molecular complexity index is 965. The summed E-state index contributed by atoms with van der Waals surface area (Å²) >= 11 is 7.15. The highest BCUT2D eigenvalue weighted by Crippen LogP contribution is 2.22. The molecule has 0 fully saturated rings. The van der Waals surface area contributed by atoms with E-state index < -0.39 is 0 Å². The smallest absolute Gasteiger partial charge is 0.280 e. The Hall–Kier alpha value is -1.03. The van der Waals surface area contributed by atoms with Gasteiger partial charge in [-0.3, -0.25) is 4.79 Å². The maximum atomic E-state index is 12.6. The number of amides is 1. The molecule has 0 aliphatic rings. The van der Waals surface area contributed by atoms with Crippen LogP contribution in [0.25, 0.3) is 10.2 Å². The minimum Gasteiger partial charge on any atom is -0.383 e. The second-order valence-electron chi connectivity index (χ2n) is 5.04. The number of thiazole rings is 1. The maximum absolute atomic E-state index is 12.6. The monoisotopic (exact) mass is 516 g/mol. The van der Waals surface area contributed by atoms with Crippen molar-refractivity contribution in [2.75, 3.05) is 13.7 Å². The molecule has 124 valence electrons. The zero-order valence-corrected chi connectivity index (χ0v) is 17.4. The van der Waals surface area contributed by atoms with Crippen LogP contribution in [-0.2, 0) is 11.3 Å². The molecule has 7 heteroatoms. The highest BCUT2D eigenvalue weighted by atomic mass is 127. The second kappa shape index (κ2) is 7.90. The van der Waals surface area contributed by atoms with Crippen LogP contribution >= 0.6 is 49.9 Å². The van der Waals surface area contributed by atoms with Crippen LogP contribution in [0, 0.1) is 3.57 Å². The van der Waals surface area contributed by atoms with E-state index >= 15 is 0 Å². The summed E-state index contributed by atoms with van der Waals surface area (Å²) in [5.41, 5.74) is 1.67. The van der Waals surface area contributed by atoms with Crippen LogP contribution in [0.15, 0.2) is 51.9 Å². The summed E-state index contributed by atoms with van der Waals surface area (Å²) in [5, 5.41) is 0. The van der Waals surface area contributed by atoms with Crippen LogP contribution in [0.1, 0.15) is 10.4 Å². The van der Waals surface area contributed by atoms with Gasteiger partial charge in [0.1, 0.15) is 0 Å². The summed E-state index contributed by atoms with van der Waals surface area (Å²) in [6, 6.07) is 13.5. The third kappa shape index (κ3) is 3.79. The molecule has 0 atom stereocenters. The largest absolute Gasteiger partial charge is 0.383 e. The molecule has 0 saturated heterocycles. The number of carbonyl (C=O) groups is 1. The summed E-state index contributed by atoms with van der Waals surface area (Å²) in [5.74, 6) is -0.225. The molecule has 1 amide bonds. The zero-order chi connectivity index (χ0) is 17.1. The van der Waals surface area contributed by atoms with Gasteiger partial charge < -0.3 is 9.30 Å². The molecule has 0 radical (unpaired) electrons. The molecule has 24 heavy (non-hydrogen) atoms. The van der Waals surface area contributed by atoms with Crippen molar-refractivity contribution in [3.8, 4) is 0 Å². The number of hydrogen-bond donors (Lipinski definition) is 0. The van der Waals surface area contributed by atoms with Crippen molar-refractivity contribution in [1.82, 2.24) is 4.57 Å². The Labute approximate surface area is 165 Å². The lowest BCUT2D eigenvalue weighted by Gasteiger charge is -2.04.